The molecule has 1 N–H and O–H groups in total. The van der Waals surface area contributed by atoms with Gasteiger partial charge < -0.3 is 10.2 Å². The van der Waals surface area contributed by atoms with Crippen molar-refractivity contribution in [3.05, 3.63) is 57.2 Å². The second kappa shape index (κ2) is 8.47. The van der Waals surface area contributed by atoms with Crippen LogP contribution in [0, 0.1) is 0 Å². The third-order valence-electron chi connectivity index (χ3n) is 4.14. The highest BCUT2D eigenvalue weighted by molar-refractivity contribution is 7.12. The van der Waals surface area contributed by atoms with Gasteiger partial charge in [-0.25, -0.2) is 0 Å². The van der Waals surface area contributed by atoms with E-state index in [2.05, 4.69) is 10.2 Å². The van der Waals surface area contributed by atoms with E-state index in [1.165, 1.54) is 11.3 Å². The van der Waals surface area contributed by atoms with Gasteiger partial charge in [0.1, 0.15) is 0 Å². The summed E-state index contributed by atoms with van der Waals surface area (Å²) in [5.41, 5.74) is 0.979. The van der Waals surface area contributed by atoms with Gasteiger partial charge in [0.15, 0.2) is 0 Å². The molecule has 0 spiro atoms. The van der Waals surface area contributed by atoms with Gasteiger partial charge >= 0.3 is 0 Å². The number of amides is 2. The van der Waals surface area contributed by atoms with Crippen LogP contribution in [0.15, 0.2) is 41.8 Å². The van der Waals surface area contributed by atoms with Crippen LogP contribution in [0.5, 0.6) is 0 Å². The number of halogens is 1. The normalized spacial score (nSPS) is 15.2. The standard InChI is InChI=1S/C18H20ClN3O2S/c19-15-4-1-3-14(11-15)12-20-17(23)13-21-6-8-22(9-7-21)18(24)16-5-2-10-25-16/h1-5,10-11H,6-9,12-13H2,(H,20,23). The highest BCUT2D eigenvalue weighted by Gasteiger charge is 2.23. The van der Waals surface area contributed by atoms with E-state index in [0.717, 1.165) is 10.4 Å². The van der Waals surface area contributed by atoms with E-state index < -0.39 is 0 Å². The molecular weight excluding hydrogens is 358 g/mol. The van der Waals surface area contributed by atoms with Crippen molar-refractivity contribution in [2.45, 2.75) is 6.54 Å². The summed E-state index contributed by atoms with van der Waals surface area (Å²) in [4.78, 5) is 29.1. The van der Waals surface area contributed by atoms with E-state index in [9.17, 15) is 9.59 Å². The molecule has 1 saturated heterocycles. The molecule has 1 aromatic heterocycles. The molecule has 0 saturated carbocycles. The van der Waals surface area contributed by atoms with Crippen LogP contribution in [-0.4, -0.2) is 54.3 Å². The Kier molecular flexibility index (Phi) is 6.07. The van der Waals surface area contributed by atoms with Gasteiger partial charge in [-0.05, 0) is 29.1 Å². The van der Waals surface area contributed by atoms with E-state index in [0.29, 0.717) is 44.3 Å². The summed E-state index contributed by atoms with van der Waals surface area (Å²) in [6, 6.07) is 11.2. The van der Waals surface area contributed by atoms with Crippen LogP contribution in [0.1, 0.15) is 15.2 Å². The molecule has 0 aliphatic carbocycles. The van der Waals surface area contributed by atoms with E-state index >= 15 is 0 Å². The molecule has 2 heterocycles. The van der Waals surface area contributed by atoms with Crippen LogP contribution in [0.3, 0.4) is 0 Å². The molecule has 0 atom stereocenters. The lowest BCUT2D eigenvalue weighted by Gasteiger charge is -2.34. The number of carbonyl (C=O) groups excluding carboxylic acids is 2. The maximum absolute atomic E-state index is 12.3. The first-order valence-corrected chi connectivity index (χ1v) is 9.44. The van der Waals surface area contributed by atoms with Crippen molar-refractivity contribution in [2.24, 2.45) is 0 Å². The number of rotatable bonds is 5. The van der Waals surface area contributed by atoms with E-state index in [4.69, 9.17) is 11.6 Å². The quantitative estimate of drug-likeness (QED) is 0.870. The van der Waals surface area contributed by atoms with E-state index in [1.807, 2.05) is 46.7 Å². The Labute approximate surface area is 156 Å². The highest BCUT2D eigenvalue weighted by Crippen LogP contribution is 2.14. The Morgan fingerprint density at radius 2 is 1.92 bits per heavy atom. The van der Waals surface area contributed by atoms with Crippen molar-refractivity contribution in [1.29, 1.82) is 0 Å². The number of nitrogens with one attached hydrogen (secondary N) is 1. The third kappa shape index (κ3) is 5.04. The van der Waals surface area contributed by atoms with Crippen molar-refractivity contribution in [2.75, 3.05) is 32.7 Å². The molecule has 1 fully saturated rings. The van der Waals surface area contributed by atoms with E-state index in [1.54, 1.807) is 0 Å². The SMILES string of the molecule is O=C(CN1CCN(C(=O)c2cccs2)CC1)NCc1cccc(Cl)c1. The van der Waals surface area contributed by atoms with Crippen molar-refractivity contribution in [1.82, 2.24) is 15.1 Å². The zero-order valence-corrected chi connectivity index (χ0v) is 15.4. The maximum atomic E-state index is 12.3. The fourth-order valence-electron chi connectivity index (χ4n) is 2.77. The molecule has 0 unspecified atom stereocenters. The van der Waals surface area contributed by atoms with Crippen LogP contribution < -0.4 is 5.32 Å². The van der Waals surface area contributed by atoms with Crippen LogP contribution in [0.25, 0.3) is 0 Å². The summed E-state index contributed by atoms with van der Waals surface area (Å²) in [6.45, 7) is 3.54. The Bertz CT molecular complexity index is 728. The molecule has 0 radical (unpaired) electrons. The molecule has 25 heavy (non-hydrogen) atoms. The molecule has 7 heteroatoms. The molecule has 0 bridgehead atoms. The van der Waals surface area contributed by atoms with Crippen molar-refractivity contribution in [3.8, 4) is 0 Å². The zero-order valence-electron chi connectivity index (χ0n) is 13.8. The number of hydrogen-bond acceptors (Lipinski definition) is 4. The number of benzene rings is 1. The second-order valence-corrected chi connectivity index (χ2v) is 7.34. The second-order valence-electron chi connectivity index (χ2n) is 5.95. The molecule has 1 aromatic carbocycles. The van der Waals surface area contributed by atoms with Gasteiger partial charge in [0.25, 0.3) is 5.91 Å². The fourth-order valence-corrected chi connectivity index (χ4v) is 3.68. The first kappa shape index (κ1) is 17.9. The molecule has 3 rings (SSSR count). The average Bonchev–Trinajstić information content (AvgIpc) is 3.15. The zero-order chi connectivity index (χ0) is 17.6. The summed E-state index contributed by atoms with van der Waals surface area (Å²) in [6.07, 6.45) is 0. The predicted molar refractivity (Wildman–Crippen MR) is 100.0 cm³/mol. The van der Waals surface area contributed by atoms with Gasteiger partial charge in [0, 0.05) is 37.7 Å². The summed E-state index contributed by atoms with van der Waals surface area (Å²) in [5.74, 6) is 0.0677. The number of piperazine rings is 1. The largest absolute Gasteiger partial charge is 0.351 e. The summed E-state index contributed by atoms with van der Waals surface area (Å²) < 4.78 is 0. The maximum Gasteiger partial charge on any atom is 0.264 e. The van der Waals surface area contributed by atoms with Crippen molar-refractivity contribution in [3.63, 3.8) is 0 Å². The average molecular weight is 378 g/mol. The number of carbonyl (C=O) groups is 2. The van der Waals surface area contributed by atoms with Gasteiger partial charge in [0.2, 0.25) is 5.91 Å². The Hall–Kier alpha value is -1.89. The van der Waals surface area contributed by atoms with E-state index in [-0.39, 0.29) is 11.8 Å². The predicted octanol–water partition coefficient (Wildman–Crippen LogP) is 2.48. The van der Waals surface area contributed by atoms with Crippen LogP contribution in [0.2, 0.25) is 5.02 Å². The summed E-state index contributed by atoms with van der Waals surface area (Å²) in [5, 5.41) is 5.49. The fraction of sp³-hybridized carbons (Fsp3) is 0.333. The molecule has 5 nitrogen and oxygen atoms in total. The molecule has 2 aromatic rings. The topological polar surface area (TPSA) is 52.7 Å². The van der Waals surface area contributed by atoms with Crippen LogP contribution in [0.4, 0.5) is 0 Å². The van der Waals surface area contributed by atoms with Crippen LogP contribution in [-0.2, 0) is 11.3 Å². The first-order chi connectivity index (χ1) is 12.1. The third-order valence-corrected chi connectivity index (χ3v) is 5.23. The molecular formula is C18H20ClN3O2S. The molecule has 1 aliphatic heterocycles. The van der Waals surface area contributed by atoms with Gasteiger partial charge in [-0.15, -0.1) is 11.3 Å². The molecule has 2 amide bonds. The minimum Gasteiger partial charge on any atom is -0.351 e. The van der Waals surface area contributed by atoms with Gasteiger partial charge in [-0.3, -0.25) is 14.5 Å². The minimum absolute atomic E-state index is 0.0157. The monoisotopic (exact) mass is 377 g/mol. The van der Waals surface area contributed by atoms with Gasteiger partial charge in [-0.2, -0.15) is 0 Å². The lowest BCUT2D eigenvalue weighted by molar-refractivity contribution is -0.122. The first-order valence-electron chi connectivity index (χ1n) is 8.18. The highest BCUT2D eigenvalue weighted by atomic mass is 35.5. The summed E-state index contributed by atoms with van der Waals surface area (Å²) in [7, 11) is 0. The van der Waals surface area contributed by atoms with Gasteiger partial charge in [-0.1, -0.05) is 29.8 Å². The molecule has 1 aliphatic rings. The van der Waals surface area contributed by atoms with Crippen LogP contribution >= 0.6 is 22.9 Å². The summed E-state index contributed by atoms with van der Waals surface area (Å²) >= 11 is 7.40. The minimum atomic E-state index is -0.0157. The van der Waals surface area contributed by atoms with Crippen molar-refractivity contribution < 1.29 is 9.59 Å². The lowest BCUT2D eigenvalue weighted by Crippen LogP contribution is -2.51. The lowest BCUT2D eigenvalue weighted by atomic mass is 10.2. The Morgan fingerprint density at radius 3 is 2.60 bits per heavy atom. The Balaban J connectivity index is 1.41. The Morgan fingerprint density at radius 1 is 1.12 bits per heavy atom. The number of hydrogen-bond donors (Lipinski definition) is 1. The number of nitrogens with zero attached hydrogens (tertiary/aromatic N) is 2. The molecule has 132 valence electrons. The van der Waals surface area contributed by atoms with Gasteiger partial charge in [0.05, 0.1) is 11.4 Å². The smallest absolute Gasteiger partial charge is 0.264 e. The van der Waals surface area contributed by atoms with Crippen molar-refractivity contribution >= 4 is 34.8 Å². The number of thiophene rings is 1.